The van der Waals surface area contributed by atoms with E-state index in [2.05, 4.69) is 22.6 Å². The molecule has 0 aliphatic carbocycles. The molecule has 3 aromatic rings. The molecule has 166 valence electrons. The van der Waals surface area contributed by atoms with Gasteiger partial charge in [0, 0.05) is 9.13 Å². The van der Waals surface area contributed by atoms with Gasteiger partial charge in [-0.05, 0) is 58.5 Å². The Labute approximate surface area is 190 Å². The molecule has 0 unspecified atom stereocenters. The van der Waals surface area contributed by atoms with Crippen molar-refractivity contribution in [3.63, 3.8) is 0 Å². The fourth-order valence-electron chi connectivity index (χ4n) is 2.20. The summed E-state index contributed by atoms with van der Waals surface area (Å²) in [5.41, 5.74) is -4.08. The number of hydrogen-bond donors (Lipinski definition) is 1. The van der Waals surface area contributed by atoms with Gasteiger partial charge in [0.1, 0.15) is 10.6 Å². The Bertz CT molecular complexity index is 1230. The first-order valence-corrected chi connectivity index (χ1v) is 12.1. The van der Waals surface area contributed by atoms with Gasteiger partial charge in [0.2, 0.25) is 0 Å². The molecule has 6 nitrogen and oxygen atoms in total. The molecule has 1 N–H and O–H groups in total. The Balaban J connectivity index is 0.000000366. The van der Waals surface area contributed by atoms with E-state index in [9.17, 15) is 21.6 Å². The molecule has 0 atom stereocenters. The van der Waals surface area contributed by atoms with Crippen molar-refractivity contribution in [3.8, 4) is 16.9 Å². The van der Waals surface area contributed by atoms with Crippen LogP contribution < -0.4 is 4.18 Å². The van der Waals surface area contributed by atoms with Crippen molar-refractivity contribution < 1.29 is 38.7 Å². The second-order valence-corrected chi connectivity index (χ2v) is 9.95. The number of hydrogen-bond acceptors (Lipinski definition) is 5. The fourth-order valence-corrected chi connectivity index (χ4v) is 3.72. The molecule has 12 heteroatoms. The summed E-state index contributed by atoms with van der Waals surface area (Å²) in [5, 5.41) is 0. The first-order chi connectivity index (χ1) is 14.3. The van der Waals surface area contributed by atoms with E-state index in [1.165, 1.54) is 0 Å². The predicted octanol–water partition coefficient (Wildman–Crippen LogP) is 5.12. The lowest BCUT2D eigenvalue weighted by Crippen LogP contribution is -2.21. The van der Waals surface area contributed by atoms with Crippen LogP contribution in [0.3, 0.4) is 0 Å². The summed E-state index contributed by atoms with van der Waals surface area (Å²) < 4.78 is 89.1. The number of rotatable bonds is 4. The zero-order valence-electron chi connectivity index (χ0n) is 15.3. The van der Waals surface area contributed by atoms with Crippen molar-refractivity contribution in [2.24, 2.45) is 0 Å². The van der Waals surface area contributed by atoms with Crippen LogP contribution in [0.2, 0.25) is 0 Å². The van der Waals surface area contributed by atoms with E-state index in [-0.39, 0.29) is 4.90 Å². The van der Waals surface area contributed by atoms with E-state index in [0.717, 1.165) is 9.13 Å². The molecule has 0 amide bonds. The minimum atomic E-state index is -5.84. The molecular weight excluding hydrogens is 572 g/mol. The van der Waals surface area contributed by atoms with Crippen molar-refractivity contribution in [1.29, 1.82) is 0 Å². The summed E-state index contributed by atoms with van der Waals surface area (Å²) in [5.74, 6) is 0.299. The lowest BCUT2D eigenvalue weighted by molar-refractivity contribution is -0.0510. The lowest BCUT2D eigenvalue weighted by atomic mass is 10.1. The van der Waals surface area contributed by atoms with Gasteiger partial charge >= 0.3 is 25.7 Å². The van der Waals surface area contributed by atoms with Gasteiger partial charge in [0.15, 0.2) is 0 Å². The standard InChI is InChI=1S/C18H13IO3S.CHF3O3S/c19-15-10-12-16(13-11-15)22-23(20,21)18-9-5-4-8-17(18)14-6-2-1-3-7-14;2-1(3,4)8(5,6)7/h1-13H;(H,5,6,7). The highest BCUT2D eigenvalue weighted by Crippen LogP contribution is 2.29. The molecule has 0 aromatic heterocycles. The Morgan fingerprint density at radius 3 is 1.77 bits per heavy atom. The second-order valence-electron chi connectivity index (χ2n) is 5.77. The van der Waals surface area contributed by atoms with Crippen LogP contribution in [0.25, 0.3) is 11.1 Å². The quantitative estimate of drug-likeness (QED) is 0.197. The van der Waals surface area contributed by atoms with Crippen LogP contribution in [0.5, 0.6) is 5.75 Å². The lowest BCUT2D eigenvalue weighted by Gasteiger charge is -2.11. The van der Waals surface area contributed by atoms with E-state index in [0.29, 0.717) is 11.3 Å². The summed E-state index contributed by atoms with van der Waals surface area (Å²) in [7, 11) is -9.75. The van der Waals surface area contributed by atoms with E-state index >= 15 is 0 Å². The zero-order valence-corrected chi connectivity index (χ0v) is 19.1. The molecule has 0 saturated carbocycles. The van der Waals surface area contributed by atoms with Gasteiger partial charge in [0.05, 0.1) is 0 Å². The number of alkyl halides is 3. The highest BCUT2D eigenvalue weighted by atomic mass is 127. The van der Waals surface area contributed by atoms with Crippen LogP contribution in [0.4, 0.5) is 13.2 Å². The van der Waals surface area contributed by atoms with Gasteiger partial charge in [-0.1, -0.05) is 48.5 Å². The van der Waals surface area contributed by atoms with Gasteiger partial charge in [-0.25, -0.2) is 0 Å². The molecule has 0 radical (unpaired) electrons. The van der Waals surface area contributed by atoms with Crippen molar-refractivity contribution in [3.05, 3.63) is 82.4 Å². The Hall–Kier alpha value is -2.16. The Kier molecular flexibility index (Phi) is 8.08. The molecule has 0 saturated heterocycles. The molecule has 3 rings (SSSR count). The number of halogens is 4. The van der Waals surface area contributed by atoms with Crippen LogP contribution in [0, 0.1) is 3.57 Å². The minimum Gasteiger partial charge on any atom is -0.379 e. The largest absolute Gasteiger partial charge is 0.522 e. The highest BCUT2D eigenvalue weighted by molar-refractivity contribution is 14.1. The summed E-state index contributed by atoms with van der Waals surface area (Å²) >= 11 is 2.15. The van der Waals surface area contributed by atoms with Crippen LogP contribution >= 0.6 is 22.6 Å². The number of benzene rings is 3. The van der Waals surface area contributed by atoms with Gasteiger partial charge in [-0.2, -0.15) is 30.0 Å². The highest BCUT2D eigenvalue weighted by Gasteiger charge is 2.44. The summed E-state index contributed by atoms with van der Waals surface area (Å²) in [6.07, 6.45) is 0. The van der Waals surface area contributed by atoms with Gasteiger partial charge in [-0.15, -0.1) is 0 Å². The first kappa shape index (κ1) is 25.1. The average molecular weight is 586 g/mol. The topological polar surface area (TPSA) is 97.7 Å². The van der Waals surface area contributed by atoms with E-state index < -0.39 is 25.7 Å². The zero-order chi connectivity index (χ0) is 23.3. The first-order valence-electron chi connectivity index (χ1n) is 8.19. The van der Waals surface area contributed by atoms with Gasteiger partial charge < -0.3 is 4.18 Å². The van der Waals surface area contributed by atoms with Gasteiger partial charge in [-0.3, -0.25) is 4.55 Å². The molecule has 0 aliphatic rings. The Morgan fingerprint density at radius 2 is 1.26 bits per heavy atom. The van der Waals surface area contributed by atoms with Crippen molar-refractivity contribution >= 4 is 42.8 Å². The van der Waals surface area contributed by atoms with Crippen LogP contribution in [0.15, 0.2) is 83.8 Å². The predicted molar refractivity (Wildman–Crippen MR) is 116 cm³/mol. The fraction of sp³-hybridized carbons (Fsp3) is 0.0526. The van der Waals surface area contributed by atoms with Gasteiger partial charge in [0.25, 0.3) is 0 Å². The molecule has 31 heavy (non-hydrogen) atoms. The maximum absolute atomic E-state index is 12.7. The maximum atomic E-state index is 12.7. The van der Waals surface area contributed by atoms with Crippen molar-refractivity contribution in [2.45, 2.75) is 10.4 Å². The third-order valence-electron chi connectivity index (χ3n) is 3.55. The maximum Gasteiger partial charge on any atom is 0.522 e. The molecule has 0 bridgehead atoms. The molecule has 3 aromatic carbocycles. The summed E-state index contributed by atoms with van der Waals surface area (Å²) in [4.78, 5) is 0.157. The van der Waals surface area contributed by atoms with E-state index in [1.54, 1.807) is 42.5 Å². The van der Waals surface area contributed by atoms with Crippen molar-refractivity contribution in [2.75, 3.05) is 0 Å². The molecule has 0 fully saturated rings. The van der Waals surface area contributed by atoms with E-state index in [1.807, 2.05) is 36.4 Å². The normalized spacial score (nSPS) is 11.9. The van der Waals surface area contributed by atoms with Crippen LogP contribution in [0.1, 0.15) is 0 Å². The summed E-state index contributed by atoms with van der Waals surface area (Å²) in [6.45, 7) is 0. The molecule has 0 spiro atoms. The monoisotopic (exact) mass is 586 g/mol. The van der Waals surface area contributed by atoms with Crippen LogP contribution in [-0.4, -0.2) is 26.9 Å². The molecule has 0 aliphatic heterocycles. The second kappa shape index (κ2) is 9.97. The molecular formula is C19H14F3IO6S2. The third-order valence-corrected chi connectivity index (χ3v) is 6.16. The minimum absolute atomic E-state index is 0.157. The average Bonchev–Trinajstić information content (AvgIpc) is 2.69. The van der Waals surface area contributed by atoms with Crippen molar-refractivity contribution in [1.82, 2.24) is 0 Å². The molecule has 0 heterocycles. The smallest absolute Gasteiger partial charge is 0.379 e. The summed E-state index contributed by atoms with van der Waals surface area (Å²) in [6, 6.07) is 23.1. The Morgan fingerprint density at radius 1 is 0.774 bits per heavy atom. The third kappa shape index (κ3) is 7.19. The SMILES string of the molecule is O=S(=O)(O)C(F)(F)F.O=S(=O)(Oc1ccc(I)cc1)c1ccccc1-c1ccccc1. The van der Waals surface area contributed by atoms with E-state index in [4.69, 9.17) is 17.2 Å². The van der Waals surface area contributed by atoms with Crippen LogP contribution in [-0.2, 0) is 20.2 Å².